The van der Waals surface area contributed by atoms with Gasteiger partial charge in [0, 0.05) is 19.5 Å². The zero-order chi connectivity index (χ0) is 18.2. The van der Waals surface area contributed by atoms with Crippen LogP contribution in [0.3, 0.4) is 0 Å². The fourth-order valence-electron chi connectivity index (χ4n) is 3.30. The van der Waals surface area contributed by atoms with E-state index in [1.807, 2.05) is 31.2 Å². The second kappa shape index (κ2) is 9.56. The molecular formula is C20H30N2O3. The SMILES string of the molecule is CCCC(=O)N1CCCC(C(=O)NC(CO)c2ccc(CC)cc2)C1. The molecule has 1 heterocycles. The number of aliphatic hydroxyl groups excluding tert-OH is 1. The van der Waals surface area contributed by atoms with E-state index in [4.69, 9.17) is 0 Å². The first-order valence-corrected chi connectivity index (χ1v) is 9.36. The number of aryl methyl sites for hydroxylation is 1. The molecule has 0 spiro atoms. The maximum Gasteiger partial charge on any atom is 0.225 e. The summed E-state index contributed by atoms with van der Waals surface area (Å²) in [7, 11) is 0. The van der Waals surface area contributed by atoms with Crippen LogP contribution in [0, 0.1) is 5.92 Å². The number of amides is 2. The highest BCUT2D eigenvalue weighted by Gasteiger charge is 2.29. The summed E-state index contributed by atoms with van der Waals surface area (Å²) in [6, 6.07) is 7.56. The number of nitrogens with zero attached hydrogens (tertiary/aromatic N) is 1. The lowest BCUT2D eigenvalue weighted by atomic mass is 9.95. The number of nitrogens with one attached hydrogen (secondary N) is 1. The summed E-state index contributed by atoms with van der Waals surface area (Å²) < 4.78 is 0. The summed E-state index contributed by atoms with van der Waals surface area (Å²) in [5, 5.41) is 12.6. The molecule has 0 saturated carbocycles. The van der Waals surface area contributed by atoms with Gasteiger partial charge in [0.15, 0.2) is 0 Å². The van der Waals surface area contributed by atoms with Crippen molar-refractivity contribution in [3.05, 3.63) is 35.4 Å². The third kappa shape index (κ3) is 5.30. The Bertz CT molecular complexity index is 571. The van der Waals surface area contributed by atoms with Gasteiger partial charge in [-0.3, -0.25) is 9.59 Å². The Morgan fingerprint density at radius 1 is 1.28 bits per heavy atom. The number of rotatable bonds is 7. The Morgan fingerprint density at radius 3 is 2.60 bits per heavy atom. The minimum Gasteiger partial charge on any atom is -0.394 e. The Kier molecular flexibility index (Phi) is 7.44. The van der Waals surface area contributed by atoms with Gasteiger partial charge in [0.2, 0.25) is 11.8 Å². The minimum atomic E-state index is -0.403. The summed E-state index contributed by atoms with van der Waals surface area (Å²) in [5.74, 6) is -0.139. The molecule has 1 aliphatic rings. The van der Waals surface area contributed by atoms with Gasteiger partial charge in [-0.05, 0) is 36.8 Å². The number of likely N-dealkylation sites (tertiary alicyclic amines) is 1. The van der Waals surface area contributed by atoms with Crippen molar-refractivity contribution in [1.82, 2.24) is 10.2 Å². The van der Waals surface area contributed by atoms with Gasteiger partial charge >= 0.3 is 0 Å². The molecule has 2 rings (SSSR count). The first-order valence-electron chi connectivity index (χ1n) is 9.36. The van der Waals surface area contributed by atoms with Crippen LogP contribution in [0.25, 0.3) is 0 Å². The topological polar surface area (TPSA) is 69.6 Å². The van der Waals surface area contributed by atoms with Gasteiger partial charge < -0.3 is 15.3 Å². The van der Waals surface area contributed by atoms with Gasteiger partial charge in [0.25, 0.3) is 0 Å². The van der Waals surface area contributed by atoms with Crippen LogP contribution in [0.5, 0.6) is 0 Å². The Morgan fingerprint density at radius 2 is 2.00 bits per heavy atom. The predicted octanol–water partition coefficient (Wildman–Crippen LogP) is 2.44. The second-order valence-corrected chi connectivity index (χ2v) is 6.77. The molecule has 138 valence electrons. The molecule has 25 heavy (non-hydrogen) atoms. The predicted molar refractivity (Wildman–Crippen MR) is 98.0 cm³/mol. The number of benzene rings is 1. The van der Waals surface area contributed by atoms with E-state index in [0.717, 1.165) is 37.8 Å². The van der Waals surface area contributed by atoms with Crippen molar-refractivity contribution in [3.63, 3.8) is 0 Å². The largest absolute Gasteiger partial charge is 0.394 e. The molecule has 1 saturated heterocycles. The van der Waals surface area contributed by atoms with Crippen LogP contribution in [0.1, 0.15) is 56.7 Å². The molecular weight excluding hydrogens is 316 g/mol. The summed E-state index contributed by atoms with van der Waals surface area (Å²) in [6.07, 6.45) is 3.96. The highest BCUT2D eigenvalue weighted by atomic mass is 16.3. The van der Waals surface area contributed by atoms with Crippen molar-refractivity contribution >= 4 is 11.8 Å². The van der Waals surface area contributed by atoms with E-state index >= 15 is 0 Å². The lowest BCUT2D eigenvalue weighted by Crippen LogP contribution is -2.46. The molecule has 0 aromatic heterocycles. The Balaban J connectivity index is 1.97. The molecule has 0 bridgehead atoms. The van der Waals surface area contributed by atoms with Crippen molar-refractivity contribution in [1.29, 1.82) is 0 Å². The Hall–Kier alpha value is -1.88. The number of carbonyl (C=O) groups excluding carboxylic acids is 2. The normalized spacial score (nSPS) is 18.7. The molecule has 0 aliphatic carbocycles. The van der Waals surface area contributed by atoms with Gasteiger partial charge in [-0.1, -0.05) is 38.1 Å². The second-order valence-electron chi connectivity index (χ2n) is 6.77. The highest BCUT2D eigenvalue weighted by molar-refractivity contribution is 5.81. The van der Waals surface area contributed by atoms with Crippen LogP contribution in [-0.4, -0.2) is 41.5 Å². The zero-order valence-electron chi connectivity index (χ0n) is 15.3. The van der Waals surface area contributed by atoms with Crippen molar-refractivity contribution in [2.75, 3.05) is 19.7 Å². The van der Waals surface area contributed by atoms with E-state index in [1.165, 1.54) is 5.56 Å². The quantitative estimate of drug-likeness (QED) is 0.797. The lowest BCUT2D eigenvalue weighted by Gasteiger charge is -2.33. The Labute approximate surface area is 150 Å². The van der Waals surface area contributed by atoms with Gasteiger partial charge in [-0.25, -0.2) is 0 Å². The van der Waals surface area contributed by atoms with Crippen LogP contribution >= 0.6 is 0 Å². The average molecular weight is 346 g/mol. The van der Waals surface area contributed by atoms with E-state index < -0.39 is 6.04 Å². The lowest BCUT2D eigenvalue weighted by molar-refractivity contribution is -0.136. The van der Waals surface area contributed by atoms with Crippen LogP contribution in [-0.2, 0) is 16.0 Å². The summed E-state index contributed by atoms with van der Waals surface area (Å²) in [6.45, 7) is 5.17. The van der Waals surface area contributed by atoms with E-state index in [-0.39, 0.29) is 24.3 Å². The van der Waals surface area contributed by atoms with Crippen LogP contribution in [0.2, 0.25) is 0 Å². The highest BCUT2D eigenvalue weighted by Crippen LogP contribution is 2.20. The minimum absolute atomic E-state index is 0.0763. The van der Waals surface area contributed by atoms with Crippen molar-refractivity contribution < 1.29 is 14.7 Å². The van der Waals surface area contributed by atoms with Gasteiger partial charge in [0.05, 0.1) is 18.6 Å². The number of piperidine rings is 1. The van der Waals surface area contributed by atoms with E-state index in [9.17, 15) is 14.7 Å². The van der Waals surface area contributed by atoms with Crippen molar-refractivity contribution in [3.8, 4) is 0 Å². The third-order valence-corrected chi connectivity index (χ3v) is 4.90. The molecule has 1 fully saturated rings. The molecule has 2 N–H and O–H groups in total. The smallest absolute Gasteiger partial charge is 0.225 e. The van der Waals surface area contributed by atoms with Crippen molar-refractivity contribution in [2.24, 2.45) is 5.92 Å². The molecule has 1 aromatic carbocycles. The van der Waals surface area contributed by atoms with Crippen LogP contribution < -0.4 is 5.32 Å². The van der Waals surface area contributed by atoms with Crippen LogP contribution in [0.15, 0.2) is 24.3 Å². The monoisotopic (exact) mass is 346 g/mol. The fourth-order valence-corrected chi connectivity index (χ4v) is 3.30. The van der Waals surface area contributed by atoms with E-state index in [1.54, 1.807) is 4.90 Å². The van der Waals surface area contributed by atoms with E-state index in [2.05, 4.69) is 12.2 Å². The number of hydrogen-bond acceptors (Lipinski definition) is 3. The first kappa shape index (κ1) is 19.4. The molecule has 1 aromatic rings. The average Bonchev–Trinajstić information content (AvgIpc) is 2.66. The number of carbonyl (C=O) groups is 2. The van der Waals surface area contributed by atoms with Gasteiger partial charge in [0.1, 0.15) is 0 Å². The van der Waals surface area contributed by atoms with Crippen molar-refractivity contribution in [2.45, 2.75) is 52.0 Å². The zero-order valence-corrected chi connectivity index (χ0v) is 15.3. The molecule has 5 nitrogen and oxygen atoms in total. The number of aliphatic hydroxyl groups is 1. The molecule has 2 atom stereocenters. The summed E-state index contributed by atoms with van der Waals surface area (Å²) in [4.78, 5) is 26.5. The molecule has 0 radical (unpaired) electrons. The maximum atomic E-state index is 12.6. The molecule has 5 heteroatoms. The summed E-state index contributed by atoms with van der Waals surface area (Å²) >= 11 is 0. The molecule has 2 unspecified atom stereocenters. The fraction of sp³-hybridized carbons (Fsp3) is 0.600. The summed E-state index contributed by atoms with van der Waals surface area (Å²) in [5.41, 5.74) is 2.13. The number of hydrogen-bond donors (Lipinski definition) is 2. The van der Waals surface area contributed by atoms with E-state index in [0.29, 0.717) is 13.0 Å². The maximum absolute atomic E-state index is 12.6. The third-order valence-electron chi connectivity index (χ3n) is 4.90. The standard InChI is InChI=1S/C20H30N2O3/c1-3-6-19(24)22-12-5-7-17(13-22)20(25)21-18(14-23)16-10-8-15(4-2)9-11-16/h8-11,17-18,23H,3-7,12-14H2,1-2H3,(H,21,25). The first-order chi connectivity index (χ1) is 12.1. The van der Waals surface area contributed by atoms with Gasteiger partial charge in [-0.2, -0.15) is 0 Å². The van der Waals surface area contributed by atoms with Gasteiger partial charge in [-0.15, -0.1) is 0 Å². The van der Waals surface area contributed by atoms with Crippen LogP contribution in [0.4, 0.5) is 0 Å². The molecule has 1 aliphatic heterocycles. The molecule has 2 amide bonds.